The summed E-state index contributed by atoms with van der Waals surface area (Å²) in [6, 6.07) is 9.10. The zero-order chi connectivity index (χ0) is 20.1. The monoisotopic (exact) mass is 382 g/mol. The largest absolute Gasteiger partial charge is 0.462 e. The lowest BCUT2D eigenvalue weighted by molar-refractivity contribution is -0.123. The standard InChI is InChI=1S/C20H18N2O6/c1-2-3-10-27-19(25)13-6-4-12(5-7-13)16-9-8-14(28-16)11-15-17(23)21-20(26)22-18(15)24/h4-9,11H,2-3,10H2,1H3,(H2,21,22,23,24,26). The molecule has 1 aromatic carbocycles. The molecule has 2 heterocycles. The Morgan fingerprint density at radius 2 is 1.71 bits per heavy atom. The zero-order valence-corrected chi connectivity index (χ0v) is 15.1. The Labute approximate surface area is 160 Å². The number of barbiturate groups is 1. The lowest BCUT2D eigenvalue weighted by Crippen LogP contribution is -2.51. The van der Waals surface area contributed by atoms with Gasteiger partial charge >= 0.3 is 12.0 Å². The van der Waals surface area contributed by atoms with Crippen molar-refractivity contribution < 1.29 is 28.3 Å². The fourth-order valence-electron chi connectivity index (χ4n) is 2.50. The van der Waals surface area contributed by atoms with Crippen molar-refractivity contribution in [2.75, 3.05) is 6.61 Å². The van der Waals surface area contributed by atoms with Crippen LogP contribution in [0.2, 0.25) is 0 Å². The first kappa shape index (κ1) is 19.1. The molecule has 0 unspecified atom stereocenters. The Morgan fingerprint density at radius 1 is 1.04 bits per heavy atom. The van der Waals surface area contributed by atoms with E-state index in [1.54, 1.807) is 36.4 Å². The summed E-state index contributed by atoms with van der Waals surface area (Å²) in [6.45, 7) is 2.41. The number of furan rings is 1. The quantitative estimate of drug-likeness (QED) is 0.344. The average molecular weight is 382 g/mol. The normalized spacial score (nSPS) is 13.8. The highest BCUT2D eigenvalue weighted by molar-refractivity contribution is 6.31. The Kier molecular flexibility index (Phi) is 5.69. The summed E-state index contributed by atoms with van der Waals surface area (Å²) in [5.41, 5.74) is 0.919. The van der Waals surface area contributed by atoms with Crippen LogP contribution < -0.4 is 10.6 Å². The van der Waals surface area contributed by atoms with Crippen LogP contribution in [0, 0.1) is 0 Å². The molecule has 1 aliphatic rings. The molecule has 28 heavy (non-hydrogen) atoms. The number of rotatable bonds is 6. The van der Waals surface area contributed by atoms with Crippen LogP contribution in [-0.4, -0.2) is 30.4 Å². The van der Waals surface area contributed by atoms with E-state index in [-0.39, 0.29) is 17.3 Å². The van der Waals surface area contributed by atoms with Gasteiger partial charge in [0.2, 0.25) is 0 Å². The molecule has 2 N–H and O–H groups in total. The van der Waals surface area contributed by atoms with Gasteiger partial charge in [-0.2, -0.15) is 0 Å². The first-order valence-electron chi connectivity index (χ1n) is 8.73. The number of nitrogens with one attached hydrogen (secondary N) is 2. The summed E-state index contributed by atoms with van der Waals surface area (Å²) in [5.74, 6) is -1.21. The molecule has 1 aliphatic heterocycles. The van der Waals surface area contributed by atoms with Gasteiger partial charge in [-0.3, -0.25) is 20.2 Å². The molecule has 0 spiro atoms. The molecule has 0 aliphatic carbocycles. The van der Waals surface area contributed by atoms with Gasteiger partial charge in [0.05, 0.1) is 12.2 Å². The third-order valence-electron chi connectivity index (χ3n) is 3.99. The SMILES string of the molecule is CCCCOC(=O)c1ccc(-c2ccc(C=C3C(=O)NC(=O)NC3=O)o2)cc1. The lowest BCUT2D eigenvalue weighted by Gasteiger charge is -2.13. The van der Waals surface area contributed by atoms with Crippen molar-refractivity contribution in [1.29, 1.82) is 0 Å². The van der Waals surface area contributed by atoms with Gasteiger partial charge in [0, 0.05) is 5.56 Å². The maximum Gasteiger partial charge on any atom is 0.338 e. The molecular weight excluding hydrogens is 364 g/mol. The van der Waals surface area contributed by atoms with E-state index in [9.17, 15) is 19.2 Å². The number of amides is 4. The number of benzene rings is 1. The highest BCUT2D eigenvalue weighted by atomic mass is 16.5. The minimum Gasteiger partial charge on any atom is -0.462 e. The fraction of sp³-hybridized carbons (Fsp3) is 0.200. The van der Waals surface area contributed by atoms with Crippen molar-refractivity contribution >= 4 is 29.9 Å². The molecule has 1 fully saturated rings. The molecule has 0 radical (unpaired) electrons. The molecule has 1 aromatic heterocycles. The summed E-state index contributed by atoms with van der Waals surface area (Å²) in [5, 5.41) is 3.98. The summed E-state index contributed by atoms with van der Waals surface area (Å²) >= 11 is 0. The van der Waals surface area contributed by atoms with Gasteiger partial charge in [-0.25, -0.2) is 9.59 Å². The summed E-state index contributed by atoms with van der Waals surface area (Å²) in [6.07, 6.45) is 3.02. The van der Waals surface area contributed by atoms with E-state index in [1.807, 2.05) is 17.6 Å². The van der Waals surface area contributed by atoms with Gasteiger partial charge in [0.25, 0.3) is 11.8 Å². The fourth-order valence-corrected chi connectivity index (χ4v) is 2.50. The minimum atomic E-state index is -0.861. The van der Waals surface area contributed by atoms with Gasteiger partial charge in [0.15, 0.2) is 0 Å². The van der Waals surface area contributed by atoms with Crippen LogP contribution in [0.25, 0.3) is 17.4 Å². The number of esters is 1. The number of hydrogen-bond donors (Lipinski definition) is 2. The molecule has 1 saturated heterocycles. The molecule has 0 atom stereocenters. The maximum atomic E-state index is 11.9. The van der Waals surface area contributed by atoms with Gasteiger partial charge < -0.3 is 9.15 Å². The number of unbranched alkanes of at least 4 members (excludes halogenated alkanes) is 1. The number of urea groups is 1. The van der Waals surface area contributed by atoms with E-state index in [4.69, 9.17) is 9.15 Å². The smallest absolute Gasteiger partial charge is 0.338 e. The minimum absolute atomic E-state index is 0.231. The summed E-state index contributed by atoms with van der Waals surface area (Å²) < 4.78 is 10.8. The first-order chi connectivity index (χ1) is 13.5. The van der Waals surface area contributed by atoms with E-state index in [0.717, 1.165) is 12.8 Å². The Balaban J connectivity index is 1.72. The zero-order valence-electron chi connectivity index (χ0n) is 15.1. The van der Waals surface area contributed by atoms with E-state index < -0.39 is 17.8 Å². The van der Waals surface area contributed by atoms with E-state index >= 15 is 0 Å². The average Bonchev–Trinajstić information content (AvgIpc) is 3.13. The van der Waals surface area contributed by atoms with Crippen molar-refractivity contribution in [3.63, 3.8) is 0 Å². The molecule has 4 amide bonds. The molecule has 8 nitrogen and oxygen atoms in total. The third-order valence-corrected chi connectivity index (χ3v) is 3.99. The lowest BCUT2D eigenvalue weighted by atomic mass is 10.1. The molecule has 144 valence electrons. The van der Waals surface area contributed by atoms with Crippen molar-refractivity contribution in [3.8, 4) is 11.3 Å². The Morgan fingerprint density at radius 3 is 2.36 bits per heavy atom. The second kappa shape index (κ2) is 8.34. The van der Waals surface area contributed by atoms with E-state index in [2.05, 4.69) is 0 Å². The topological polar surface area (TPSA) is 115 Å². The third kappa shape index (κ3) is 4.35. The van der Waals surface area contributed by atoms with Crippen LogP contribution in [0.3, 0.4) is 0 Å². The van der Waals surface area contributed by atoms with Gasteiger partial charge in [0.1, 0.15) is 17.1 Å². The van der Waals surface area contributed by atoms with Crippen molar-refractivity contribution in [1.82, 2.24) is 10.6 Å². The van der Waals surface area contributed by atoms with Crippen LogP contribution in [0.4, 0.5) is 4.79 Å². The highest BCUT2D eigenvalue weighted by Crippen LogP contribution is 2.24. The number of imide groups is 2. The molecule has 3 rings (SSSR count). The van der Waals surface area contributed by atoms with Crippen LogP contribution in [0.15, 0.2) is 46.4 Å². The van der Waals surface area contributed by atoms with E-state index in [0.29, 0.717) is 23.5 Å². The summed E-state index contributed by atoms with van der Waals surface area (Å²) in [4.78, 5) is 46.5. The van der Waals surface area contributed by atoms with Gasteiger partial charge in [-0.05, 0) is 36.8 Å². The van der Waals surface area contributed by atoms with Gasteiger partial charge in [-0.15, -0.1) is 0 Å². The second-order valence-corrected chi connectivity index (χ2v) is 6.06. The Hall–Kier alpha value is -3.68. The predicted molar refractivity (Wildman–Crippen MR) is 99.0 cm³/mol. The molecule has 8 heteroatoms. The maximum absolute atomic E-state index is 11.9. The first-order valence-corrected chi connectivity index (χ1v) is 8.73. The van der Waals surface area contributed by atoms with E-state index in [1.165, 1.54) is 6.08 Å². The second-order valence-electron chi connectivity index (χ2n) is 6.06. The van der Waals surface area contributed by atoms with Crippen molar-refractivity contribution in [2.24, 2.45) is 0 Å². The molecule has 2 aromatic rings. The predicted octanol–water partition coefficient (Wildman–Crippen LogP) is 2.65. The molecular formula is C20H18N2O6. The Bertz CT molecular complexity index is 933. The van der Waals surface area contributed by atoms with Crippen LogP contribution >= 0.6 is 0 Å². The van der Waals surface area contributed by atoms with Crippen molar-refractivity contribution in [3.05, 3.63) is 53.3 Å². The highest BCUT2D eigenvalue weighted by Gasteiger charge is 2.28. The van der Waals surface area contributed by atoms with Crippen LogP contribution in [0.1, 0.15) is 35.9 Å². The summed E-state index contributed by atoms with van der Waals surface area (Å²) in [7, 11) is 0. The van der Waals surface area contributed by atoms with Crippen molar-refractivity contribution in [2.45, 2.75) is 19.8 Å². The molecule has 0 bridgehead atoms. The van der Waals surface area contributed by atoms with Gasteiger partial charge in [-0.1, -0.05) is 25.5 Å². The number of ether oxygens (including phenoxy) is 1. The van der Waals surface area contributed by atoms with Crippen LogP contribution in [-0.2, 0) is 14.3 Å². The number of hydrogen-bond acceptors (Lipinski definition) is 6. The number of carbonyl (C=O) groups is 4. The molecule has 0 saturated carbocycles. The number of carbonyl (C=O) groups excluding carboxylic acids is 4. The van der Waals surface area contributed by atoms with Crippen LogP contribution in [0.5, 0.6) is 0 Å².